The van der Waals surface area contributed by atoms with Gasteiger partial charge in [0, 0.05) is 43.4 Å². The third kappa shape index (κ3) is 9.10. The van der Waals surface area contributed by atoms with E-state index in [9.17, 15) is 22.8 Å². The molecule has 2 fully saturated rings. The fraction of sp³-hybridized carbons (Fsp3) is 0.576. The highest BCUT2D eigenvalue weighted by Crippen LogP contribution is 2.59. The van der Waals surface area contributed by atoms with Crippen LogP contribution in [0.1, 0.15) is 77.1 Å². The van der Waals surface area contributed by atoms with Crippen LogP contribution < -0.4 is 20.5 Å². The zero-order valence-electron chi connectivity index (χ0n) is 28.2. The van der Waals surface area contributed by atoms with Gasteiger partial charge in [0.25, 0.3) is 5.91 Å². The summed E-state index contributed by atoms with van der Waals surface area (Å²) in [5.74, 6) is 0.859. The number of ether oxygens (including phenoxy) is 2. The normalized spacial score (nSPS) is 21.2. The summed E-state index contributed by atoms with van der Waals surface area (Å²) >= 11 is 7.40. The van der Waals surface area contributed by atoms with E-state index in [4.69, 9.17) is 21.1 Å². The molecule has 1 saturated carbocycles. The Kier molecular flexibility index (Phi) is 11.0. The molecule has 3 N–H and O–H groups in total. The van der Waals surface area contributed by atoms with Crippen molar-refractivity contribution < 1.29 is 32.2 Å². The molecule has 268 valence electrons. The maximum Gasteiger partial charge on any atom is 0.410 e. The van der Waals surface area contributed by atoms with Crippen LogP contribution >= 0.6 is 23.5 Å². The Bertz CT molecular complexity index is 1550. The molecule has 0 bridgehead atoms. The first-order chi connectivity index (χ1) is 23.0. The molecule has 0 aromatic carbocycles. The summed E-state index contributed by atoms with van der Waals surface area (Å²) in [6, 6.07) is 8.58. The number of aromatic nitrogens is 2. The standard InChI is InChI=1S/C33H43ClF3N7O4S/c1-30(2,3)48-29(46)43-18-12-21(31(43,4)5)11-17-38-23-7-6-8-26(39-23)49-42-28(45)22-9-10-24(40-27(22)34)44-19-13-25(41-44)47-20-16-32(14-15-32)33(35,36)37/h6-10,13,19,21,25,41H,11-12,14-18,20H2,1-5H3,(H,38,39)(H,42,45). The number of nitrogens with zero attached hydrogens (tertiary/aromatic N) is 4. The number of anilines is 2. The summed E-state index contributed by atoms with van der Waals surface area (Å²) in [4.78, 5) is 36.4. The van der Waals surface area contributed by atoms with E-state index < -0.39 is 29.3 Å². The second-order valence-electron chi connectivity index (χ2n) is 14.0. The molecule has 2 aromatic rings. The summed E-state index contributed by atoms with van der Waals surface area (Å²) in [6.07, 6.45) is 0.0900. The summed E-state index contributed by atoms with van der Waals surface area (Å²) in [7, 11) is 0. The van der Waals surface area contributed by atoms with Crippen LogP contribution in [0.5, 0.6) is 0 Å². The second kappa shape index (κ2) is 14.5. The number of hydrogen-bond donors (Lipinski definition) is 3. The lowest BCUT2D eigenvalue weighted by Crippen LogP contribution is -2.48. The third-order valence-corrected chi connectivity index (χ3v) is 10.1. The number of likely N-dealkylation sites (tertiary alicyclic amines) is 1. The average molecular weight is 726 g/mol. The maximum absolute atomic E-state index is 13.2. The number of alkyl halides is 3. The van der Waals surface area contributed by atoms with E-state index in [0.29, 0.717) is 29.8 Å². The van der Waals surface area contributed by atoms with Gasteiger partial charge < -0.3 is 19.7 Å². The van der Waals surface area contributed by atoms with E-state index in [2.05, 4.69) is 39.3 Å². The Hall–Kier alpha value is -3.27. The number of halogens is 4. The molecule has 0 radical (unpaired) electrons. The van der Waals surface area contributed by atoms with Crippen molar-refractivity contribution in [2.24, 2.45) is 11.3 Å². The van der Waals surface area contributed by atoms with Gasteiger partial charge in [-0.1, -0.05) is 17.7 Å². The largest absolute Gasteiger partial charge is 0.444 e. The van der Waals surface area contributed by atoms with Crippen molar-refractivity contribution in [2.45, 2.75) is 95.3 Å². The zero-order chi connectivity index (χ0) is 35.6. The van der Waals surface area contributed by atoms with Crippen LogP contribution in [-0.4, -0.2) is 70.1 Å². The fourth-order valence-electron chi connectivity index (χ4n) is 5.94. The first-order valence-electron chi connectivity index (χ1n) is 16.2. The Labute approximate surface area is 293 Å². The lowest BCUT2D eigenvalue weighted by Gasteiger charge is -2.37. The van der Waals surface area contributed by atoms with Gasteiger partial charge in [0.2, 0.25) is 0 Å². The molecule has 0 spiro atoms. The Morgan fingerprint density at radius 1 is 1.14 bits per heavy atom. The Morgan fingerprint density at radius 3 is 2.57 bits per heavy atom. The van der Waals surface area contributed by atoms with Crippen molar-refractivity contribution in [3.8, 4) is 0 Å². The smallest absolute Gasteiger partial charge is 0.410 e. The topological polar surface area (TPSA) is 121 Å². The molecular weight excluding hydrogens is 683 g/mol. The highest BCUT2D eigenvalue weighted by Gasteiger charge is 2.62. The highest BCUT2D eigenvalue weighted by molar-refractivity contribution is 7.97. The lowest BCUT2D eigenvalue weighted by atomic mass is 9.86. The summed E-state index contributed by atoms with van der Waals surface area (Å²) in [5.41, 5.74) is 0.643. The van der Waals surface area contributed by atoms with Crippen molar-refractivity contribution in [1.82, 2.24) is 25.0 Å². The van der Waals surface area contributed by atoms with Crippen LogP contribution in [0, 0.1) is 11.3 Å². The molecule has 49 heavy (non-hydrogen) atoms. The molecule has 11 nitrogen and oxygen atoms in total. The number of hydrazine groups is 1. The van der Waals surface area contributed by atoms with Gasteiger partial charge in [-0.3, -0.25) is 14.5 Å². The van der Waals surface area contributed by atoms with Crippen LogP contribution in [0.25, 0.3) is 0 Å². The van der Waals surface area contributed by atoms with Gasteiger partial charge in [0.15, 0.2) is 0 Å². The van der Waals surface area contributed by atoms with E-state index in [1.165, 1.54) is 11.1 Å². The molecule has 2 atom stereocenters. The molecule has 1 saturated heterocycles. The first kappa shape index (κ1) is 37.0. The minimum absolute atomic E-state index is 0.0283. The zero-order valence-corrected chi connectivity index (χ0v) is 29.8. The molecule has 2 aliphatic heterocycles. The minimum Gasteiger partial charge on any atom is -0.444 e. The van der Waals surface area contributed by atoms with Crippen molar-refractivity contribution in [3.05, 3.63) is 53.3 Å². The monoisotopic (exact) mass is 725 g/mol. The fourth-order valence-corrected chi connectivity index (χ4v) is 6.78. The van der Waals surface area contributed by atoms with Crippen molar-refractivity contribution in [1.29, 1.82) is 0 Å². The quantitative estimate of drug-likeness (QED) is 0.152. The van der Waals surface area contributed by atoms with E-state index >= 15 is 0 Å². The number of nitrogens with one attached hydrogen (secondary N) is 3. The van der Waals surface area contributed by atoms with Crippen LogP contribution in [-0.2, 0) is 9.47 Å². The maximum atomic E-state index is 13.2. The summed E-state index contributed by atoms with van der Waals surface area (Å²) in [5, 5.41) is 5.41. The minimum atomic E-state index is -4.21. The van der Waals surface area contributed by atoms with Crippen molar-refractivity contribution in [3.63, 3.8) is 0 Å². The molecule has 3 aliphatic rings. The van der Waals surface area contributed by atoms with E-state index in [0.717, 1.165) is 24.8 Å². The number of amides is 2. The molecule has 2 amide bonds. The summed E-state index contributed by atoms with van der Waals surface area (Å²) < 4.78 is 53.4. The van der Waals surface area contributed by atoms with E-state index in [-0.39, 0.29) is 54.1 Å². The Balaban J connectivity index is 1.06. The predicted molar refractivity (Wildman–Crippen MR) is 182 cm³/mol. The molecule has 1 aliphatic carbocycles. The third-order valence-electron chi connectivity index (χ3n) is 9.12. The van der Waals surface area contributed by atoms with E-state index in [1.807, 2.05) is 37.8 Å². The molecule has 4 heterocycles. The van der Waals surface area contributed by atoms with Crippen LogP contribution in [0.2, 0.25) is 5.15 Å². The van der Waals surface area contributed by atoms with Gasteiger partial charge in [-0.2, -0.15) is 18.6 Å². The van der Waals surface area contributed by atoms with Gasteiger partial charge in [-0.15, -0.1) is 0 Å². The number of pyridine rings is 2. The first-order valence-corrected chi connectivity index (χ1v) is 17.4. The van der Waals surface area contributed by atoms with Gasteiger partial charge in [-0.05, 0) is 103 Å². The number of rotatable bonds is 12. The van der Waals surface area contributed by atoms with Gasteiger partial charge >= 0.3 is 12.3 Å². The molecule has 2 aromatic heterocycles. The van der Waals surface area contributed by atoms with Gasteiger partial charge in [0.05, 0.1) is 11.0 Å². The van der Waals surface area contributed by atoms with Gasteiger partial charge in [-0.25, -0.2) is 14.8 Å². The van der Waals surface area contributed by atoms with Crippen LogP contribution in [0.3, 0.4) is 0 Å². The number of hydrogen-bond acceptors (Lipinski definition) is 10. The Morgan fingerprint density at radius 2 is 1.90 bits per heavy atom. The SMILES string of the molecule is CC(C)(C)OC(=O)N1CCC(CCNc2cccc(SNC(=O)c3ccc(N4C=CC(OCCC5(C(F)(F)F)CC5)N4)nc3Cl)n2)C1(C)C. The number of carbonyl (C=O) groups is 2. The van der Waals surface area contributed by atoms with Crippen LogP contribution in [0.15, 0.2) is 47.6 Å². The van der Waals surface area contributed by atoms with Crippen molar-refractivity contribution >= 4 is 47.2 Å². The second-order valence-corrected chi connectivity index (χ2v) is 15.2. The van der Waals surface area contributed by atoms with Gasteiger partial charge in [0.1, 0.15) is 33.6 Å². The summed E-state index contributed by atoms with van der Waals surface area (Å²) in [6.45, 7) is 11.0. The molecule has 16 heteroatoms. The molecular formula is C33H43ClF3N7O4S. The molecule has 5 rings (SSSR count). The van der Waals surface area contributed by atoms with Crippen LogP contribution in [0.4, 0.5) is 29.6 Å². The lowest BCUT2D eigenvalue weighted by molar-refractivity contribution is -0.192. The predicted octanol–water partition coefficient (Wildman–Crippen LogP) is 7.32. The molecule has 2 unspecified atom stereocenters. The number of carbonyl (C=O) groups excluding carboxylic acids is 2. The average Bonchev–Trinajstić information content (AvgIpc) is 3.57. The van der Waals surface area contributed by atoms with E-state index in [1.54, 1.807) is 24.4 Å². The van der Waals surface area contributed by atoms with Crippen molar-refractivity contribution in [2.75, 3.05) is 30.0 Å². The highest BCUT2D eigenvalue weighted by atomic mass is 35.5.